The number of phenolic OH excluding ortho intramolecular Hbond substituents is 1. The molecule has 0 radical (unpaired) electrons. The van der Waals surface area contributed by atoms with Crippen LogP contribution in [-0.2, 0) is 11.2 Å². The van der Waals surface area contributed by atoms with Crippen molar-refractivity contribution in [3.8, 4) is 11.5 Å². The molecule has 0 saturated carbocycles. The van der Waals surface area contributed by atoms with Gasteiger partial charge >= 0.3 is 0 Å². The lowest BCUT2D eigenvalue weighted by Gasteiger charge is -2.14. The van der Waals surface area contributed by atoms with Crippen molar-refractivity contribution in [1.82, 2.24) is 0 Å². The first kappa shape index (κ1) is 19.5. The van der Waals surface area contributed by atoms with Crippen molar-refractivity contribution in [2.75, 3.05) is 6.61 Å². The van der Waals surface area contributed by atoms with Crippen LogP contribution in [0.5, 0.6) is 11.5 Å². The van der Waals surface area contributed by atoms with Crippen LogP contribution in [0, 0.1) is 0 Å². The van der Waals surface area contributed by atoms with Gasteiger partial charge in [-0.25, -0.2) is 0 Å². The number of carbonyl (C=O) groups excluding carboxylic acids is 1. The van der Waals surface area contributed by atoms with E-state index in [-0.39, 0.29) is 17.6 Å². The third kappa shape index (κ3) is 5.60. The van der Waals surface area contributed by atoms with Crippen molar-refractivity contribution in [1.29, 1.82) is 0 Å². The summed E-state index contributed by atoms with van der Waals surface area (Å²) in [5.74, 6) is 0.597. The molecule has 4 nitrogen and oxygen atoms in total. The predicted molar refractivity (Wildman–Crippen MR) is 99.5 cm³/mol. The summed E-state index contributed by atoms with van der Waals surface area (Å²) in [6.07, 6.45) is 10.8. The van der Waals surface area contributed by atoms with Gasteiger partial charge in [-0.1, -0.05) is 45.3 Å². The van der Waals surface area contributed by atoms with E-state index in [4.69, 9.17) is 9.47 Å². The Balaban J connectivity index is 1.84. The van der Waals surface area contributed by atoms with E-state index in [0.717, 1.165) is 24.8 Å². The molecule has 1 aliphatic rings. The van der Waals surface area contributed by atoms with E-state index in [1.807, 2.05) is 6.92 Å². The highest BCUT2D eigenvalue weighted by atomic mass is 16.6. The normalized spacial score (nSPS) is 19.3. The Labute approximate surface area is 150 Å². The number of aromatic hydroxyl groups is 1. The first-order valence-electron chi connectivity index (χ1n) is 9.39. The Bertz CT molecular complexity index is 606. The first-order valence-corrected chi connectivity index (χ1v) is 9.39. The quantitative estimate of drug-likeness (QED) is 0.270. The summed E-state index contributed by atoms with van der Waals surface area (Å²) in [7, 11) is 0. The van der Waals surface area contributed by atoms with Crippen LogP contribution in [0.15, 0.2) is 24.3 Å². The fourth-order valence-corrected chi connectivity index (χ4v) is 2.96. The monoisotopic (exact) mass is 346 g/mol. The fourth-order valence-electron chi connectivity index (χ4n) is 2.96. The summed E-state index contributed by atoms with van der Waals surface area (Å²) < 4.78 is 11.4. The smallest absolute Gasteiger partial charge is 0.163 e. The van der Waals surface area contributed by atoms with Crippen molar-refractivity contribution >= 4 is 5.78 Å². The molecule has 2 rings (SSSR count). The van der Waals surface area contributed by atoms with E-state index in [9.17, 15) is 9.90 Å². The van der Waals surface area contributed by atoms with Crippen molar-refractivity contribution in [3.05, 3.63) is 35.4 Å². The first-order chi connectivity index (χ1) is 12.1. The van der Waals surface area contributed by atoms with Crippen molar-refractivity contribution < 1.29 is 19.4 Å². The van der Waals surface area contributed by atoms with Gasteiger partial charge in [-0.05, 0) is 38.3 Å². The Morgan fingerprint density at radius 1 is 1.32 bits per heavy atom. The molecule has 1 aromatic rings. The van der Waals surface area contributed by atoms with E-state index in [1.54, 1.807) is 12.1 Å². The summed E-state index contributed by atoms with van der Waals surface area (Å²) in [6, 6.07) is 3.42. The third-order valence-corrected chi connectivity index (χ3v) is 4.45. The Kier molecular flexibility index (Phi) is 7.51. The molecule has 25 heavy (non-hydrogen) atoms. The van der Waals surface area contributed by atoms with Gasteiger partial charge in [0.1, 0.15) is 17.6 Å². The molecule has 1 aliphatic heterocycles. The summed E-state index contributed by atoms with van der Waals surface area (Å²) in [6.45, 7) is 6.23. The highest BCUT2D eigenvalue weighted by molar-refractivity contribution is 5.97. The topological polar surface area (TPSA) is 59.1 Å². The van der Waals surface area contributed by atoms with Crippen molar-refractivity contribution in [2.45, 2.75) is 71.5 Å². The molecule has 1 saturated heterocycles. The molecule has 0 amide bonds. The molecule has 0 spiro atoms. The number of carbonyl (C=O) groups is 1. The van der Waals surface area contributed by atoms with E-state index in [0.29, 0.717) is 30.4 Å². The summed E-state index contributed by atoms with van der Waals surface area (Å²) in [5.41, 5.74) is 1.09. The highest BCUT2D eigenvalue weighted by Gasteiger charge is 2.35. The van der Waals surface area contributed by atoms with Gasteiger partial charge in [0, 0.05) is 5.56 Å². The maximum atomic E-state index is 11.6. The van der Waals surface area contributed by atoms with Gasteiger partial charge in [0.05, 0.1) is 18.3 Å². The molecular formula is C21H30O4. The molecular weight excluding hydrogens is 316 g/mol. The lowest BCUT2D eigenvalue weighted by Crippen LogP contribution is -2.03. The lowest BCUT2D eigenvalue weighted by molar-refractivity contribution is 0.101. The number of hydrogen-bond acceptors (Lipinski definition) is 4. The van der Waals surface area contributed by atoms with E-state index < -0.39 is 0 Å². The van der Waals surface area contributed by atoms with Gasteiger partial charge in [0.15, 0.2) is 5.78 Å². The lowest BCUT2D eigenvalue weighted by atomic mass is 10.0. The number of benzene rings is 1. The van der Waals surface area contributed by atoms with Crippen molar-refractivity contribution in [3.63, 3.8) is 0 Å². The molecule has 1 heterocycles. The number of ether oxygens (including phenoxy) is 2. The van der Waals surface area contributed by atoms with Gasteiger partial charge in [-0.3, -0.25) is 4.79 Å². The number of hydrogen-bond donors (Lipinski definition) is 1. The number of rotatable bonds is 11. The number of phenols is 1. The molecule has 1 fully saturated rings. The van der Waals surface area contributed by atoms with Gasteiger partial charge in [0.25, 0.3) is 0 Å². The SMILES string of the molecule is CCCC[C@H]1O[C@@H]1/C=C\CCOc1ccc(C(C)=O)c(O)c1CCC. The number of Topliss-reactive ketones (excluding diaryl/α,β-unsaturated/α-hetero) is 1. The molecule has 0 unspecified atom stereocenters. The molecule has 2 atom stereocenters. The van der Waals surface area contributed by atoms with Gasteiger partial charge < -0.3 is 14.6 Å². The minimum Gasteiger partial charge on any atom is -0.507 e. The second-order valence-electron chi connectivity index (χ2n) is 6.59. The van der Waals surface area contributed by atoms with Gasteiger partial charge in [0.2, 0.25) is 0 Å². The van der Waals surface area contributed by atoms with Crippen molar-refractivity contribution in [2.24, 2.45) is 0 Å². The van der Waals surface area contributed by atoms with Crippen LogP contribution in [0.1, 0.15) is 68.8 Å². The summed E-state index contributed by atoms with van der Waals surface area (Å²) in [4.78, 5) is 11.6. The highest BCUT2D eigenvalue weighted by Crippen LogP contribution is 2.33. The third-order valence-electron chi connectivity index (χ3n) is 4.45. The molecule has 0 aromatic heterocycles. The molecule has 0 bridgehead atoms. The van der Waals surface area contributed by atoms with Crippen LogP contribution in [0.4, 0.5) is 0 Å². The number of unbranched alkanes of at least 4 members (excludes halogenated alkanes) is 1. The molecule has 138 valence electrons. The second-order valence-corrected chi connectivity index (χ2v) is 6.59. The average molecular weight is 346 g/mol. The van der Waals surface area contributed by atoms with Crippen LogP contribution in [0.25, 0.3) is 0 Å². The molecule has 0 aliphatic carbocycles. The fraction of sp³-hybridized carbons (Fsp3) is 0.571. The zero-order valence-corrected chi connectivity index (χ0v) is 15.6. The standard InChI is InChI=1S/C21H30O4/c1-4-6-10-19-20(25-19)11-7-8-14-24-18-13-12-16(15(3)22)21(23)17(18)9-5-2/h7,11-13,19-20,23H,4-6,8-10,14H2,1-3H3/b11-7-/t19-,20-/m1/s1. The zero-order valence-electron chi connectivity index (χ0n) is 15.6. The molecule has 1 aromatic carbocycles. The van der Waals surface area contributed by atoms with Crippen LogP contribution >= 0.6 is 0 Å². The van der Waals surface area contributed by atoms with E-state index >= 15 is 0 Å². The van der Waals surface area contributed by atoms with Crippen LogP contribution in [-0.4, -0.2) is 29.7 Å². The Hall–Kier alpha value is -1.81. The van der Waals surface area contributed by atoms with Crippen LogP contribution in [0.3, 0.4) is 0 Å². The Morgan fingerprint density at radius 3 is 2.80 bits per heavy atom. The van der Waals surface area contributed by atoms with Crippen LogP contribution < -0.4 is 4.74 Å². The second kappa shape index (κ2) is 9.62. The minimum atomic E-state index is -0.133. The average Bonchev–Trinajstić information content (AvgIpc) is 3.33. The van der Waals surface area contributed by atoms with Gasteiger partial charge in [-0.2, -0.15) is 0 Å². The number of ketones is 1. The van der Waals surface area contributed by atoms with Crippen LogP contribution in [0.2, 0.25) is 0 Å². The molecule has 4 heteroatoms. The number of epoxide rings is 1. The zero-order chi connectivity index (χ0) is 18.2. The maximum Gasteiger partial charge on any atom is 0.163 e. The predicted octanol–water partition coefficient (Wildman–Crippen LogP) is 4.83. The minimum absolute atomic E-state index is 0.0625. The van der Waals surface area contributed by atoms with E-state index in [1.165, 1.54) is 19.8 Å². The largest absolute Gasteiger partial charge is 0.507 e. The Morgan fingerprint density at radius 2 is 2.12 bits per heavy atom. The summed E-state index contributed by atoms with van der Waals surface area (Å²) in [5, 5.41) is 10.3. The summed E-state index contributed by atoms with van der Waals surface area (Å²) >= 11 is 0. The molecule has 1 N–H and O–H groups in total. The maximum absolute atomic E-state index is 11.6. The van der Waals surface area contributed by atoms with E-state index in [2.05, 4.69) is 19.1 Å². The van der Waals surface area contributed by atoms with Gasteiger partial charge in [-0.15, -0.1) is 0 Å².